The van der Waals surface area contributed by atoms with Crippen molar-refractivity contribution < 1.29 is 9.59 Å². The van der Waals surface area contributed by atoms with Crippen molar-refractivity contribution in [2.75, 3.05) is 16.4 Å². The lowest BCUT2D eigenvalue weighted by molar-refractivity contribution is -0.116. The Kier molecular flexibility index (Phi) is 8.61. The van der Waals surface area contributed by atoms with Crippen LogP contribution >= 0.6 is 23.1 Å². The Morgan fingerprint density at radius 3 is 2.73 bits per heavy atom. The number of nitrogens with one attached hydrogen (secondary N) is 2. The summed E-state index contributed by atoms with van der Waals surface area (Å²) in [6.07, 6.45) is 5.32. The van der Waals surface area contributed by atoms with E-state index in [-0.39, 0.29) is 23.0 Å². The van der Waals surface area contributed by atoms with Crippen LogP contribution in [0.3, 0.4) is 0 Å². The summed E-state index contributed by atoms with van der Waals surface area (Å²) in [6.45, 7) is 8.87. The minimum absolute atomic E-state index is 0.0103. The maximum absolute atomic E-state index is 12.7. The molecular weight excluding hydrogens is 450 g/mol. The Hall–Kier alpha value is -2.30. The number of anilines is 2. The predicted octanol–water partition coefficient (Wildman–Crippen LogP) is 6.63. The average Bonchev–Trinajstić information content (AvgIpc) is 3.12. The monoisotopic (exact) mass is 483 g/mol. The number of hydrogen-bond donors (Lipinski definition) is 2. The summed E-state index contributed by atoms with van der Waals surface area (Å²) in [5.41, 5.74) is 2.74. The number of rotatable bonds is 8. The van der Waals surface area contributed by atoms with Gasteiger partial charge < -0.3 is 10.6 Å². The van der Waals surface area contributed by atoms with Gasteiger partial charge in [0.25, 0.3) is 0 Å². The number of carbonyl (C=O) groups excluding carboxylic acids is 2. The van der Waals surface area contributed by atoms with E-state index in [9.17, 15) is 14.9 Å². The van der Waals surface area contributed by atoms with Crippen LogP contribution in [0.25, 0.3) is 0 Å². The first kappa shape index (κ1) is 25.3. The Morgan fingerprint density at radius 2 is 2.03 bits per heavy atom. The molecule has 0 aliphatic heterocycles. The van der Waals surface area contributed by atoms with E-state index in [4.69, 9.17) is 0 Å². The molecule has 0 saturated heterocycles. The number of carbonyl (C=O) groups is 2. The van der Waals surface area contributed by atoms with Gasteiger partial charge in [0.15, 0.2) is 0 Å². The molecule has 1 aromatic heterocycles. The second-order valence-corrected chi connectivity index (χ2v) is 11.8. The van der Waals surface area contributed by atoms with E-state index >= 15 is 0 Å². The first-order chi connectivity index (χ1) is 15.7. The summed E-state index contributed by atoms with van der Waals surface area (Å²) in [5, 5.41) is 16.3. The number of nitrogens with zero attached hydrogens (tertiary/aromatic N) is 1. The Labute approximate surface area is 205 Å². The van der Waals surface area contributed by atoms with Gasteiger partial charge in [-0.25, -0.2) is 0 Å². The van der Waals surface area contributed by atoms with E-state index in [1.54, 1.807) is 11.3 Å². The van der Waals surface area contributed by atoms with Crippen LogP contribution < -0.4 is 10.6 Å². The zero-order valence-corrected chi connectivity index (χ0v) is 21.5. The molecule has 2 aromatic rings. The predicted molar refractivity (Wildman–Crippen MR) is 138 cm³/mol. The molecular formula is C26H33N3O2S2. The molecule has 0 fully saturated rings. The Morgan fingerprint density at radius 1 is 1.24 bits per heavy atom. The minimum Gasteiger partial charge on any atom is -0.326 e. The molecule has 33 heavy (non-hydrogen) atoms. The highest BCUT2D eigenvalue weighted by Crippen LogP contribution is 2.44. The molecule has 1 aliphatic rings. The quantitative estimate of drug-likeness (QED) is 0.413. The van der Waals surface area contributed by atoms with Gasteiger partial charge in [-0.1, -0.05) is 40.2 Å². The normalized spacial score (nSPS) is 15.4. The number of hydrogen-bond acceptors (Lipinski definition) is 5. The van der Waals surface area contributed by atoms with E-state index in [0.29, 0.717) is 22.9 Å². The molecule has 1 aliphatic carbocycles. The molecule has 0 bridgehead atoms. The number of unbranched alkanes of at least 4 members (excludes halogenated alkanes) is 1. The zero-order chi connectivity index (χ0) is 24.0. The van der Waals surface area contributed by atoms with Crippen LogP contribution in [0, 0.1) is 22.7 Å². The summed E-state index contributed by atoms with van der Waals surface area (Å²) in [7, 11) is 0. The largest absolute Gasteiger partial charge is 0.326 e. The van der Waals surface area contributed by atoms with E-state index in [1.165, 1.54) is 16.6 Å². The van der Waals surface area contributed by atoms with Crippen LogP contribution in [0.4, 0.5) is 10.7 Å². The highest BCUT2D eigenvalue weighted by atomic mass is 32.2. The van der Waals surface area contributed by atoms with Crippen molar-refractivity contribution in [1.82, 2.24) is 0 Å². The van der Waals surface area contributed by atoms with Crippen molar-refractivity contribution in [3.05, 3.63) is 40.3 Å². The maximum atomic E-state index is 12.7. The van der Waals surface area contributed by atoms with Gasteiger partial charge in [0.2, 0.25) is 11.8 Å². The lowest BCUT2D eigenvalue weighted by atomic mass is 9.72. The van der Waals surface area contributed by atoms with Crippen LogP contribution in [0.15, 0.2) is 29.2 Å². The van der Waals surface area contributed by atoms with Gasteiger partial charge in [0.1, 0.15) is 11.1 Å². The lowest BCUT2D eigenvalue weighted by Gasteiger charge is -2.33. The number of nitriles is 1. The second kappa shape index (κ2) is 11.2. The average molecular weight is 484 g/mol. The standard InChI is InChI=1S/C26H33N3O2S2/c1-5-6-10-23(30)28-18-8-7-9-19(14-18)32-16-24(31)29-25-21(15-27)20-12-11-17(26(2,3)4)13-22(20)33-25/h7-9,14,17H,5-6,10-13,16H2,1-4H3,(H,28,30)(H,29,31). The van der Waals surface area contributed by atoms with Crippen molar-refractivity contribution in [3.8, 4) is 6.07 Å². The van der Waals surface area contributed by atoms with Crippen LogP contribution in [-0.2, 0) is 22.4 Å². The fourth-order valence-electron chi connectivity index (χ4n) is 4.07. The van der Waals surface area contributed by atoms with Crippen LogP contribution in [0.5, 0.6) is 0 Å². The summed E-state index contributed by atoms with van der Waals surface area (Å²) in [5.74, 6) is 0.714. The van der Waals surface area contributed by atoms with Crippen LogP contribution in [-0.4, -0.2) is 17.6 Å². The third kappa shape index (κ3) is 6.84. The topological polar surface area (TPSA) is 82.0 Å². The number of thiophene rings is 1. The Bertz CT molecular complexity index is 1050. The third-order valence-corrected chi connectivity index (χ3v) is 8.26. The van der Waals surface area contributed by atoms with Gasteiger partial charge >= 0.3 is 0 Å². The SMILES string of the molecule is CCCCC(=O)Nc1cccc(SCC(=O)Nc2sc3c(c2C#N)CCC(C(C)(C)C)C3)c1. The molecule has 0 radical (unpaired) electrons. The maximum Gasteiger partial charge on any atom is 0.235 e. The summed E-state index contributed by atoms with van der Waals surface area (Å²) in [4.78, 5) is 26.8. The molecule has 1 unspecified atom stereocenters. The van der Waals surface area contributed by atoms with Crippen molar-refractivity contribution in [2.24, 2.45) is 11.3 Å². The third-order valence-electron chi connectivity index (χ3n) is 6.10. The fourth-order valence-corrected chi connectivity index (χ4v) is 6.12. The van der Waals surface area contributed by atoms with Gasteiger partial charge in [-0.3, -0.25) is 9.59 Å². The van der Waals surface area contributed by atoms with Gasteiger partial charge in [-0.15, -0.1) is 23.1 Å². The van der Waals surface area contributed by atoms with E-state index in [2.05, 4.69) is 44.4 Å². The smallest absolute Gasteiger partial charge is 0.235 e. The number of thioether (sulfide) groups is 1. The van der Waals surface area contributed by atoms with E-state index in [1.807, 2.05) is 24.3 Å². The zero-order valence-electron chi connectivity index (χ0n) is 19.9. The van der Waals surface area contributed by atoms with E-state index < -0.39 is 0 Å². The lowest BCUT2D eigenvalue weighted by Crippen LogP contribution is -2.26. The first-order valence-electron chi connectivity index (χ1n) is 11.6. The highest BCUT2D eigenvalue weighted by molar-refractivity contribution is 8.00. The first-order valence-corrected chi connectivity index (χ1v) is 13.4. The van der Waals surface area contributed by atoms with Crippen molar-refractivity contribution in [3.63, 3.8) is 0 Å². The Balaban J connectivity index is 1.60. The van der Waals surface area contributed by atoms with Crippen LogP contribution in [0.2, 0.25) is 0 Å². The number of fused-ring (bicyclic) bond motifs is 1. The molecule has 0 spiro atoms. The van der Waals surface area contributed by atoms with Gasteiger partial charge in [0, 0.05) is 21.9 Å². The summed E-state index contributed by atoms with van der Waals surface area (Å²) < 4.78 is 0. The van der Waals surface area contributed by atoms with E-state index in [0.717, 1.165) is 48.3 Å². The van der Waals surface area contributed by atoms with Crippen molar-refractivity contribution >= 4 is 45.6 Å². The molecule has 5 nitrogen and oxygen atoms in total. The van der Waals surface area contributed by atoms with Gasteiger partial charge in [-0.2, -0.15) is 5.26 Å². The molecule has 176 valence electrons. The minimum atomic E-state index is -0.125. The molecule has 3 rings (SSSR count). The summed E-state index contributed by atoms with van der Waals surface area (Å²) in [6, 6.07) is 9.87. The summed E-state index contributed by atoms with van der Waals surface area (Å²) >= 11 is 2.98. The number of amides is 2. The van der Waals surface area contributed by atoms with Crippen molar-refractivity contribution in [1.29, 1.82) is 5.26 Å². The molecule has 1 aromatic carbocycles. The highest BCUT2D eigenvalue weighted by Gasteiger charge is 2.32. The number of benzene rings is 1. The molecule has 7 heteroatoms. The van der Waals surface area contributed by atoms with Gasteiger partial charge in [0.05, 0.1) is 11.3 Å². The molecule has 2 amide bonds. The molecule has 2 N–H and O–H groups in total. The molecule has 1 atom stereocenters. The molecule has 1 heterocycles. The van der Waals surface area contributed by atoms with Gasteiger partial charge in [-0.05, 0) is 60.8 Å². The fraction of sp³-hybridized carbons (Fsp3) is 0.500. The second-order valence-electron chi connectivity index (χ2n) is 9.64. The van der Waals surface area contributed by atoms with Crippen molar-refractivity contribution in [2.45, 2.75) is 71.1 Å². The van der Waals surface area contributed by atoms with Crippen LogP contribution in [0.1, 0.15) is 69.4 Å². The molecule has 0 saturated carbocycles.